The highest BCUT2D eigenvalue weighted by molar-refractivity contribution is 7.92. The lowest BCUT2D eigenvalue weighted by Crippen LogP contribution is -2.07. The van der Waals surface area contributed by atoms with E-state index in [9.17, 15) is 0 Å². The van der Waals surface area contributed by atoms with Gasteiger partial charge in [0.2, 0.25) is 9.84 Å². The van der Waals surface area contributed by atoms with Crippen molar-refractivity contribution in [3.8, 4) is 89.7 Å². The third-order valence-electron chi connectivity index (χ3n) is 11.4. The molecule has 0 unspecified atom stereocenters. The van der Waals surface area contributed by atoms with Crippen LogP contribution in [0.3, 0.4) is 0 Å². The lowest BCUT2D eigenvalue weighted by molar-refractivity contribution is 0.597. The summed E-state index contributed by atoms with van der Waals surface area (Å²) in [5, 5.41) is 1.50. The Bertz CT molecular complexity index is 3430. The molecule has 61 heavy (non-hydrogen) atoms. The molecule has 0 N–H and O–H groups in total. The van der Waals surface area contributed by atoms with E-state index in [2.05, 4.69) is 41.4 Å². The number of sulfone groups is 1. The van der Waals surface area contributed by atoms with Crippen molar-refractivity contribution in [2.45, 2.75) is 9.79 Å². The smallest absolute Gasteiger partial charge is 0.208 e. The fraction of sp³-hybridized carbons (Fsp3) is 0. The van der Waals surface area contributed by atoms with Crippen molar-refractivity contribution in [1.29, 1.82) is 0 Å². The van der Waals surface area contributed by atoms with Gasteiger partial charge >= 0.3 is 0 Å². The summed E-state index contributed by atoms with van der Waals surface area (Å²) in [6.45, 7) is 0. The van der Waals surface area contributed by atoms with Gasteiger partial charge in [-0.1, -0.05) is 146 Å². The largest absolute Gasteiger partial charge is 0.264 e. The molecule has 0 atom stereocenters. The molecule has 1 aliphatic rings. The molecule has 0 aliphatic carbocycles. The molecule has 0 spiro atoms. The van der Waals surface area contributed by atoms with E-state index in [1.165, 1.54) is 0 Å². The molecule has 7 heteroatoms. The predicted octanol–water partition coefficient (Wildman–Crippen LogP) is 12.9. The second-order valence-electron chi connectivity index (χ2n) is 15.0. The van der Waals surface area contributed by atoms with Gasteiger partial charge in [-0.15, -0.1) is 0 Å². The molecule has 0 fully saturated rings. The number of aromatic nitrogens is 4. The molecule has 0 radical (unpaired) electrons. The average molecular weight is 803 g/mol. The molecule has 4 heterocycles. The van der Waals surface area contributed by atoms with E-state index in [4.69, 9.17) is 15.0 Å². The van der Waals surface area contributed by atoms with Crippen LogP contribution in [0.2, 0.25) is 0 Å². The van der Waals surface area contributed by atoms with Gasteiger partial charge in [0, 0.05) is 57.4 Å². The van der Waals surface area contributed by atoms with E-state index in [0.717, 1.165) is 72.4 Å². The fourth-order valence-electron chi connectivity index (χ4n) is 8.54. The van der Waals surface area contributed by atoms with Gasteiger partial charge in [-0.3, -0.25) is 9.97 Å². The number of benzene rings is 7. The minimum Gasteiger partial charge on any atom is -0.264 e. The molecule has 0 saturated heterocycles. The summed E-state index contributed by atoms with van der Waals surface area (Å²) < 4.78 is 31.2. The first-order valence-electron chi connectivity index (χ1n) is 20.0. The summed E-state index contributed by atoms with van der Waals surface area (Å²) in [5.41, 5.74) is 12.4. The molecule has 0 saturated carbocycles. The first kappa shape index (κ1) is 36.2. The number of nitrogens with zero attached hydrogens (tertiary/aromatic N) is 4. The minimum atomic E-state index is -4.14. The van der Waals surface area contributed by atoms with Crippen molar-refractivity contribution in [2.75, 3.05) is 0 Å². The summed E-state index contributed by atoms with van der Waals surface area (Å²) in [5.74, 6) is 0.519. The van der Waals surface area contributed by atoms with Gasteiger partial charge in [0.05, 0.1) is 26.9 Å². The Balaban J connectivity index is 1.20. The second kappa shape index (κ2) is 14.7. The molecule has 7 aromatic carbocycles. The summed E-state index contributed by atoms with van der Waals surface area (Å²) in [6.07, 6.45) is 5.33. The van der Waals surface area contributed by atoms with Gasteiger partial charge in [-0.2, -0.15) is 0 Å². The van der Waals surface area contributed by atoms with Gasteiger partial charge in [0.25, 0.3) is 0 Å². The number of pyridine rings is 2. The Hall–Kier alpha value is -7.87. The van der Waals surface area contributed by atoms with Crippen LogP contribution in [0.15, 0.2) is 216 Å². The Morgan fingerprint density at radius 2 is 0.967 bits per heavy atom. The maximum Gasteiger partial charge on any atom is 0.208 e. The van der Waals surface area contributed by atoms with Crippen LogP contribution in [0.5, 0.6) is 0 Å². The maximum absolute atomic E-state index is 15.6. The zero-order chi connectivity index (χ0) is 40.9. The lowest BCUT2D eigenvalue weighted by Gasteiger charge is -2.19. The van der Waals surface area contributed by atoms with Crippen LogP contribution < -0.4 is 0 Å². The van der Waals surface area contributed by atoms with Gasteiger partial charge in [0.15, 0.2) is 5.82 Å². The van der Waals surface area contributed by atoms with Crippen molar-refractivity contribution in [3.63, 3.8) is 0 Å². The van der Waals surface area contributed by atoms with Crippen LogP contribution in [0.1, 0.15) is 0 Å². The van der Waals surface area contributed by atoms with Gasteiger partial charge in [-0.25, -0.2) is 18.4 Å². The topological polar surface area (TPSA) is 85.7 Å². The molecule has 3 aromatic heterocycles. The van der Waals surface area contributed by atoms with Crippen LogP contribution in [-0.4, -0.2) is 28.4 Å². The first-order chi connectivity index (χ1) is 30.0. The van der Waals surface area contributed by atoms with E-state index in [-0.39, 0.29) is 9.79 Å². The molecule has 288 valence electrons. The quantitative estimate of drug-likeness (QED) is 0.176. The third-order valence-corrected chi connectivity index (χ3v) is 13.3. The fourth-order valence-corrected chi connectivity index (χ4v) is 10.4. The zero-order valence-electron chi connectivity index (χ0n) is 32.6. The second-order valence-corrected chi connectivity index (χ2v) is 16.9. The van der Waals surface area contributed by atoms with Crippen LogP contribution in [0.4, 0.5) is 0 Å². The van der Waals surface area contributed by atoms with Gasteiger partial charge < -0.3 is 0 Å². The highest BCUT2D eigenvalue weighted by atomic mass is 32.2. The summed E-state index contributed by atoms with van der Waals surface area (Å²) in [4.78, 5) is 19.8. The minimum absolute atomic E-state index is 0.258. The molecule has 10 aromatic rings. The summed E-state index contributed by atoms with van der Waals surface area (Å²) in [7, 11) is -4.14. The molecule has 11 rings (SSSR count). The standard InChI is InChI=1S/C54H34N4O2S/c59-61(60)52-23-11-10-22-46(52)44-21-9-8-19-42(44)41-18-6-7-20-43(41)45-27-25-37(31-48(45)47-28-24-35-13-4-5-17-40(35)53(47)61)51-32-50(36-14-2-1-3-15-36)57-54(58-51)39-26-29-49(56-34-39)38-16-12-30-55-33-38/h1-34H. The first-order valence-corrected chi connectivity index (χ1v) is 21.5. The van der Waals surface area contributed by atoms with Crippen molar-refractivity contribution in [3.05, 3.63) is 207 Å². The lowest BCUT2D eigenvalue weighted by atomic mass is 9.85. The normalized spacial score (nSPS) is 12.5. The molecular weight excluding hydrogens is 769 g/mol. The highest BCUT2D eigenvalue weighted by Gasteiger charge is 2.31. The summed E-state index contributed by atoms with van der Waals surface area (Å²) >= 11 is 0. The van der Waals surface area contributed by atoms with E-state index in [1.54, 1.807) is 24.7 Å². The van der Waals surface area contributed by atoms with Crippen LogP contribution >= 0.6 is 0 Å². The van der Waals surface area contributed by atoms with Gasteiger partial charge in [0.1, 0.15) is 0 Å². The van der Waals surface area contributed by atoms with Crippen molar-refractivity contribution >= 4 is 20.6 Å². The molecular formula is C54H34N4O2S. The van der Waals surface area contributed by atoms with E-state index in [1.807, 2.05) is 146 Å². The Morgan fingerprint density at radius 3 is 1.67 bits per heavy atom. The van der Waals surface area contributed by atoms with Crippen molar-refractivity contribution in [1.82, 2.24) is 19.9 Å². The number of hydrogen-bond acceptors (Lipinski definition) is 6. The number of rotatable bonds is 4. The van der Waals surface area contributed by atoms with Crippen LogP contribution in [-0.2, 0) is 9.84 Å². The number of hydrogen-bond donors (Lipinski definition) is 0. The van der Waals surface area contributed by atoms with E-state index >= 15 is 8.42 Å². The Morgan fingerprint density at radius 1 is 0.377 bits per heavy atom. The molecule has 0 bridgehead atoms. The molecule has 0 amide bonds. The highest BCUT2D eigenvalue weighted by Crippen LogP contribution is 2.49. The maximum atomic E-state index is 15.6. The van der Waals surface area contributed by atoms with Crippen LogP contribution in [0, 0.1) is 0 Å². The molecule has 6 nitrogen and oxygen atoms in total. The third kappa shape index (κ3) is 6.31. The van der Waals surface area contributed by atoms with E-state index in [0.29, 0.717) is 28.0 Å². The number of fused-ring (bicyclic) bond motifs is 11. The predicted molar refractivity (Wildman–Crippen MR) is 244 cm³/mol. The van der Waals surface area contributed by atoms with Crippen LogP contribution in [0.25, 0.3) is 100 Å². The average Bonchev–Trinajstić information content (AvgIpc) is 3.34. The monoisotopic (exact) mass is 802 g/mol. The molecule has 1 aliphatic heterocycles. The Labute approximate surface area is 353 Å². The van der Waals surface area contributed by atoms with Gasteiger partial charge in [-0.05, 0) is 81.2 Å². The summed E-state index contributed by atoms with van der Waals surface area (Å²) in [6, 6.07) is 61.6. The van der Waals surface area contributed by atoms with Crippen molar-refractivity contribution in [2.24, 2.45) is 0 Å². The SMILES string of the molecule is O=S1(=O)c2ccccc2-c2ccccc2-c2ccccc2-c2ccc(-c3cc(-c4ccccc4)nc(-c4ccc(-c5cccnc5)nc4)n3)cc2-c2ccc3ccccc3c21. The zero-order valence-corrected chi connectivity index (χ0v) is 33.5. The van der Waals surface area contributed by atoms with E-state index < -0.39 is 9.84 Å². The Kier molecular flexibility index (Phi) is 8.76. The van der Waals surface area contributed by atoms with Crippen molar-refractivity contribution < 1.29 is 8.42 Å².